The van der Waals surface area contributed by atoms with Gasteiger partial charge in [0.2, 0.25) is 11.8 Å². The molecule has 2 aromatic carbocycles. The van der Waals surface area contributed by atoms with E-state index in [0.29, 0.717) is 41.7 Å². The van der Waals surface area contributed by atoms with Crippen LogP contribution in [0.25, 0.3) is 22.5 Å². The van der Waals surface area contributed by atoms with Crippen molar-refractivity contribution in [2.75, 3.05) is 18.1 Å². The summed E-state index contributed by atoms with van der Waals surface area (Å²) in [5.41, 5.74) is 4.88. The normalized spacial score (nSPS) is 16.9. The molecule has 0 fully saturated rings. The van der Waals surface area contributed by atoms with Crippen LogP contribution in [0.1, 0.15) is 73.3 Å². The summed E-state index contributed by atoms with van der Waals surface area (Å²) in [4.78, 5) is 45.7. The zero-order valence-electron chi connectivity index (χ0n) is 28.5. The summed E-state index contributed by atoms with van der Waals surface area (Å²) in [6, 6.07) is 15.2. The fraction of sp³-hybridized carbons (Fsp3) is 0.500. The van der Waals surface area contributed by atoms with Gasteiger partial charge in [-0.1, -0.05) is 61.5 Å². The number of nitrogens with zero attached hydrogens (tertiary/aromatic N) is 5. The van der Waals surface area contributed by atoms with E-state index in [1.54, 1.807) is 23.4 Å². The third-order valence-electron chi connectivity index (χ3n) is 8.51. The number of amides is 2. The molecule has 0 spiro atoms. The number of esters is 1. The first-order valence-electron chi connectivity index (χ1n) is 16.4. The second-order valence-electron chi connectivity index (χ2n) is 13.7. The van der Waals surface area contributed by atoms with E-state index in [9.17, 15) is 14.4 Å². The van der Waals surface area contributed by atoms with Crippen molar-refractivity contribution in [3.8, 4) is 22.5 Å². The van der Waals surface area contributed by atoms with Crippen LogP contribution in [0.5, 0.6) is 0 Å². The first kappa shape index (κ1) is 34.0. The highest BCUT2D eigenvalue weighted by Crippen LogP contribution is 2.41. The summed E-state index contributed by atoms with van der Waals surface area (Å²) in [6.07, 6.45) is 0.627. The summed E-state index contributed by atoms with van der Waals surface area (Å²) in [7, 11) is 0. The van der Waals surface area contributed by atoms with Crippen molar-refractivity contribution in [1.82, 2.24) is 20.3 Å². The Morgan fingerprint density at radius 3 is 2.40 bits per heavy atom. The van der Waals surface area contributed by atoms with Crippen molar-refractivity contribution in [1.29, 1.82) is 0 Å². The molecule has 1 unspecified atom stereocenters. The molecule has 250 valence electrons. The number of carbonyl (C=O) groups excluding carboxylic acids is 3. The number of para-hydroxylation sites is 1. The van der Waals surface area contributed by atoms with E-state index in [1.165, 1.54) is 5.71 Å². The summed E-state index contributed by atoms with van der Waals surface area (Å²) in [5, 5.41) is 11.8. The summed E-state index contributed by atoms with van der Waals surface area (Å²) < 4.78 is 13.0. The van der Waals surface area contributed by atoms with E-state index in [-0.39, 0.29) is 49.4 Å². The van der Waals surface area contributed by atoms with Gasteiger partial charge < -0.3 is 19.7 Å². The number of fused-ring (bicyclic) bond motifs is 5. The minimum absolute atomic E-state index is 0.0257. The van der Waals surface area contributed by atoms with Crippen molar-refractivity contribution >= 4 is 29.2 Å². The lowest BCUT2D eigenvalue weighted by molar-refractivity contribution is -0.148. The van der Waals surface area contributed by atoms with Crippen molar-refractivity contribution in [3.05, 3.63) is 54.1 Å². The Balaban J connectivity index is 1.26. The number of benzene rings is 2. The van der Waals surface area contributed by atoms with E-state index in [4.69, 9.17) is 9.47 Å². The zero-order valence-corrected chi connectivity index (χ0v) is 28.5. The van der Waals surface area contributed by atoms with Crippen molar-refractivity contribution in [3.63, 3.8) is 0 Å². The minimum atomic E-state index is -0.560. The first-order valence-corrected chi connectivity index (χ1v) is 16.4. The highest BCUT2D eigenvalue weighted by molar-refractivity contribution is 6.06. The maximum Gasteiger partial charge on any atom is 0.328 e. The fourth-order valence-corrected chi connectivity index (χ4v) is 6.08. The molecule has 3 aromatic rings. The molecule has 11 heteroatoms. The van der Waals surface area contributed by atoms with Gasteiger partial charge in [0, 0.05) is 42.6 Å². The molecule has 0 saturated heterocycles. The van der Waals surface area contributed by atoms with Gasteiger partial charge in [-0.05, 0) is 52.2 Å². The quantitative estimate of drug-likeness (QED) is 0.249. The Morgan fingerprint density at radius 1 is 1.00 bits per heavy atom. The van der Waals surface area contributed by atoms with Gasteiger partial charge in [0.25, 0.3) is 0 Å². The maximum absolute atomic E-state index is 13.8. The second-order valence-corrected chi connectivity index (χ2v) is 13.7. The highest BCUT2D eigenvalue weighted by Gasteiger charge is 2.43. The van der Waals surface area contributed by atoms with Crippen molar-refractivity contribution in [2.24, 2.45) is 10.9 Å². The number of anilines is 1. The average Bonchev–Trinajstić information content (AvgIpc) is 3.53. The zero-order chi connectivity index (χ0) is 33.9. The van der Waals surface area contributed by atoms with Crippen molar-refractivity contribution < 1.29 is 23.9 Å². The molecule has 5 rings (SSSR count). The molecule has 11 nitrogen and oxygen atoms in total. The second kappa shape index (κ2) is 13.8. The molecule has 0 bridgehead atoms. The van der Waals surface area contributed by atoms with E-state index in [1.807, 2.05) is 62.4 Å². The molecule has 2 aliphatic rings. The van der Waals surface area contributed by atoms with Crippen LogP contribution in [0.3, 0.4) is 0 Å². The predicted molar refractivity (Wildman–Crippen MR) is 181 cm³/mol. The van der Waals surface area contributed by atoms with Crippen LogP contribution in [0.15, 0.2) is 53.5 Å². The van der Waals surface area contributed by atoms with Gasteiger partial charge in [-0.2, -0.15) is 0 Å². The van der Waals surface area contributed by atoms with E-state index in [0.717, 1.165) is 17.5 Å². The lowest BCUT2D eigenvalue weighted by atomic mass is 9.95. The number of ether oxygens (including phenoxy) is 2. The van der Waals surface area contributed by atoms with Gasteiger partial charge in [-0.3, -0.25) is 19.4 Å². The molecule has 2 aliphatic heterocycles. The van der Waals surface area contributed by atoms with Gasteiger partial charge in [0.05, 0.1) is 41.8 Å². The van der Waals surface area contributed by atoms with Crippen LogP contribution < -0.4 is 10.2 Å². The monoisotopic (exact) mass is 642 g/mol. The van der Waals surface area contributed by atoms with Crippen LogP contribution in [0.2, 0.25) is 0 Å². The number of hydrogen-bond acceptors (Lipinski definition) is 8. The van der Waals surface area contributed by atoms with Gasteiger partial charge in [-0.15, -0.1) is 5.10 Å². The number of nitrogens with one attached hydrogen (secondary N) is 1. The Morgan fingerprint density at radius 2 is 1.70 bits per heavy atom. The molecule has 1 N–H and O–H groups in total. The topological polar surface area (TPSA) is 128 Å². The lowest BCUT2D eigenvalue weighted by Gasteiger charge is -2.29. The van der Waals surface area contributed by atoms with E-state index >= 15 is 0 Å². The number of aliphatic imine (C=N–C) groups is 1. The number of hydrogen-bond donors (Lipinski definition) is 1. The molecular weight excluding hydrogens is 596 g/mol. The summed E-state index contributed by atoms with van der Waals surface area (Å²) in [6.45, 7) is 15.0. The van der Waals surface area contributed by atoms with Crippen LogP contribution >= 0.6 is 0 Å². The summed E-state index contributed by atoms with van der Waals surface area (Å²) >= 11 is 0. The van der Waals surface area contributed by atoms with Gasteiger partial charge in [0.15, 0.2) is 0 Å². The molecule has 3 heterocycles. The third-order valence-corrected chi connectivity index (χ3v) is 8.51. The molecule has 2 amide bonds. The third kappa shape index (κ3) is 7.96. The predicted octanol–water partition coefficient (Wildman–Crippen LogP) is 5.36. The van der Waals surface area contributed by atoms with Gasteiger partial charge >= 0.3 is 5.97 Å². The van der Waals surface area contributed by atoms with E-state index in [2.05, 4.69) is 41.4 Å². The minimum Gasteiger partial charge on any atom is -0.462 e. The molecular formula is C36H46N6O5. The number of carbonyl (C=O) groups is 3. The Kier molecular flexibility index (Phi) is 9.95. The largest absolute Gasteiger partial charge is 0.462 e. The lowest BCUT2D eigenvalue weighted by Crippen LogP contribution is -2.41. The summed E-state index contributed by atoms with van der Waals surface area (Å²) in [5.74, 6) is -0.369. The number of aromatic nitrogens is 3. The molecule has 47 heavy (non-hydrogen) atoms. The Bertz CT molecular complexity index is 1680. The smallest absolute Gasteiger partial charge is 0.328 e. The highest BCUT2D eigenvalue weighted by atomic mass is 16.5. The van der Waals surface area contributed by atoms with Gasteiger partial charge in [-0.25, -0.2) is 4.68 Å². The first-order chi connectivity index (χ1) is 22.3. The molecule has 0 radical (unpaired) electrons. The van der Waals surface area contributed by atoms with Crippen molar-refractivity contribution in [2.45, 2.75) is 98.1 Å². The fourth-order valence-electron chi connectivity index (χ4n) is 6.08. The van der Waals surface area contributed by atoms with Crippen LogP contribution in [0.4, 0.5) is 5.69 Å². The van der Waals surface area contributed by atoms with Crippen LogP contribution in [-0.2, 0) is 36.9 Å². The Labute approximate surface area is 276 Å². The van der Waals surface area contributed by atoms with Gasteiger partial charge in [0.1, 0.15) is 12.2 Å². The molecule has 1 aromatic heterocycles. The molecule has 1 atom stereocenters. The molecule has 0 aliphatic carbocycles. The average molecular weight is 643 g/mol. The Hall–Kier alpha value is -4.38. The van der Waals surface area contributed by atoms with Crippen LogP contribution in [-0.4, -0.2) is 68.9 Å². The van der Waals surface area contributed by atoms with Crippen LogP contribution in [0, 0.1) is 5.92 Å². The molecule has 0 saturated carbocycles. The van der Waals surface area contributed by atoms with E-state index < -0.39 is 11.6 Å². The number of rotatable bonds is 13. The standard InChI is InChI=1S/C36H46N6O5/c1-23(2)34-36(7,38-34)18-19-46-35(5,6)22-37-29(43)16-17-30(44)41-20-25-12-8-9-13-26(25)33-32(27-14-10-11-15-28(27)41)39-40-42(33)21-31(45)47-24(3)4/h8-15,23-24H,16-22H2,1-7H3,(H,37,43). The SMILES string of the molecule is CC(C)OC(=O)Cn1nnc2c1-c1ccccc1CN(C(=O)CCC(=O)NCC(C)(C)OCCC1(C)N=C1C(C)C)c1ccccc1-2. The maximum atomic E-state index is 13.8.